The van der Waals surface area contributed by atoms with Crippen LogP contribution in [0.2, 0.25) is 0 Å². The minimum absolute atomic E-state index is 0.770. The molecule has 0 spiro atoms. The monoisotopic (exact) mass is 270 g/mol. The van der Waals surface area contributed by atoms with Gasteiger partial charge in [0.25, 0.3) is 0 Å². The number of unbranched alkanes of at least 4 members (excludes halogenated alkanes) is 1. The Morgan fingerprint density at radius 1 is 1.00 bits per heavy atom. The van der Waals surface area contributed by atoms with Crippen molar-refractivity contribution in [2.45, 2.75) is 33.2 Å². The van der Waals surface area contributed by atoms with Gasteiger partial charge in [0.1, 0.15) is 17.5 Å². The van der Waals surface area contributed by atoms with Crippen molar-refractivity contribution in [1.29, 1.82) is 0 Å². The molecule has 20 heavy (non-hydrogen) atoms. The van der Waals surface area contributed by atoms with Crippen LogP contribution in [0.1, 0.15) is 31.2 Å². The number of rotatable bonds is 7. The SMILES string of the molecule is CCCCNc1cc(NCc2ccccc2)nc(C)n1. The van der Waals surface area contributed by atoms with Gasteiger partial charge >= 0.3 is 0 Å². The number of benzene rings is 1. The Morgan fingerprint density at radius 2 is 1.70 bits per heavy atom. The van der Waals surface area contributed by atoms with E-state index in [1.807, 2.05) is 31.2 Å². The molecule has 0 unspecified atom stereocenters. The van der Waals surface area contributed by atoms with Gasteiger partial charge in [-0.05, 0) is 18.9 Å². The van der Waals surface area contributed by atoms with Crippen molar-refractivity contribution in [3.63, 3.8) is 0 Å². The van der Waals surface area contributed by atoms with Gasteiger partial charge in [-0.15, -0.1) is 0 Å². The lowest BCUT2D eigenvalue weighted by atomic mass is 10.2. The van der Waals surface area contributed by atoms with E-state index < -0.39 is 0 Å². The van der Waals surface area contributed by atoms with Crippen molar-refractivity contribution in [2.24, 2.45) is 0 Å². The summed E-state index contributed by atoms with van der Waals surface area (Å²) in [6.45, 7) is 5.81. The first-order valence-electron chi connectivity index (χ1n) is 7.15. The lowest BCUT2D eigenvalue weighted by molar-refractivity contribution is 0.829. The molecule has 4 nitrogen and oxygen atoms in total. The summed E-state index contributed by atoms with van der Waals surface area (Å²) >= 11 is 0. The molecule has 0 aliphatic carbocycles. The average Bonchev–Trinajstić information content (AvgIpc) is 2.46. The molecule has 0 aliphatic rings. The van der Waals surface area contributed by atoms with Crippen LogP contribution in [0.25, 0.3) is 0 Å². The highest BCUT2D eigenvalue weighted by atomic mass is 15.1. The second-order valence-corrected chi connectivity index (χ2v) is 4.81. The zero-order chi connectivity index (χ0) is 14.2. The first kappa shape index (κ1) is 14.3. The second-order valence-electron chi connectivity index (χ2n) is 4.81. The molecule has 1 aromatic carbocycles. The average molecular weight is 270 g/mol. The first-order chi connectivity index (χ1) is 9.78. The Bertz CT molecular complexity index is 525. The maximum atomic E-state index is 4.41. The number of nitrogens with one attached hydrogen (secondary N) is 2. The van der Waals surface area contributed by atoms with Crippen LogP contribution in [0.4, 0.5) is 11.6 Å². The number of anilines is 2. The zero-order valence-corrected chi connectivity index (χ0v) is 12.2. The van der Waals surface area contributed by atoms with E-state index in [1.165, 1.54) is 12.0 Å². The molecule has 2 aromatic rings. The molecule has 1 heterocycles. The number of nitrogens with zero attached hydrogens (tertiary/aromatic N) is 2. The van der Waals surface area contributed by atoms with Gasteiger partial charge in [-0.25, -0.2) is 9.97 Å². The van der Waals surface area contributed by atoms with E-state index in [1.54, 1.807) is 0 Å². The summed E-state index contributed by atoms with van der Waals surface area (Å²) in [6, 6.07) is 12.3. The predicted octanol–water partition coefficient (Wildman–Crippen LogP) is 3.61. The third-order valence-corrected chi connectivity index (χ3v) is 2.99. The highest BCUT2D eigenvalue weighted by molar-refractivity contribution is 5.47. The topological polar surface area (TPSA) is 49.8 Å². The summed E-state index contributed by atoms with van der Waals surface area (Å²) in [5.74, 6) is 2.53. The molecule has 0 atom stereocenters. The van der Waals surface area contributed by atoms with E-state index in [2.05, 4.69) is 39.7 Å². The summed E-state index contributed by atoms with van der Waals surface area (Å²) in [4.78, 5) is 8.81. The molecule has 2 N–H and O–H groups in total. The van der Waals surface area contributed by atoms with E-state index >= 15 is 0 Å². The quantitative estimate of drug-likeness (QED) is 0.755. The predicted molar refractivity (Wildman–Crippen MR) is 83.9 cm³/mol. The molecule has 0 radical (unpaired) electrons. The molecular formula is C16H22N4. The van der Waals surface area contributed by atoms with Gasteiger partial charge in [-0.3, -0.25) is 0 Å². The number of hydrogen-bond donors (Lipinski definition) is 2. The minimum atomic E-state index is 0.770. The van der Waals surface area contributed by atoms with Crippen LogP contribution < -0.4 is 10.6 Å². The number of aromatic nitrogens is 2. The fourth-order valence-electron chi connectivity index (χ4n) is 1.93. The highest BCUT2D eigenvalue weighted by Crippen LogP contribution is 2.12. The molecule has 0 amide bonds. The molecule has 0 aliphatic heterocycles. The third-order valence-electron chi connectivity index (χ3n) is 2.99. The van der Waals surface area contributed by atoms with E-state index in [0.29, 0.717) is 0 Å². The van der Waals surface area contributed by atoms with Crippen molar-refractivity contribution in [3.05, 3.63) is 47.8 Å². The molecule has 0 saturated carbocycles. The van der Waals surface area contributed by atoms with Gasteiger partial charge in [0.15, 0.2) is 0 Å². The summed E-state index contributed by atoms with van der Waals surface area (Å²) in [5.41, 5.74) is 1.24. The smallest absolute Gasteiger partial charge is 0.132 e. The van der Waals surface area contributed by atoms with Crippen molar-refractivity contribution in [3.8, 4) is 0 Å². The summed E-state index contributed by atoms with van der Waals surface area (Å²) in [7, 11) is 0. The largest absolute Gasteiger partial charge is 0.370 e. The Morgan fingerprint density at radius 3 is 2.40 bits per heavy atom. The first-order valence-corrected chi connectivity index (χ1v) is 7.15. The van der Waals surface area contributed by atoms with Gasteiger partial charge in [0.2, 0.25) is 0 Å². The lowest BCUT2D eigenvalue weighted by Gasteiger charge is -2.10. The van der Waals surface area contributed by atoms with E-state index in [4.69, 9.17) is 0 Å². The van der Waals surface area contributed by atoms with Crippen molar-refractivity contribution in [2.75, 3.05) is 17.2 Å². The van der Waals surface area contributed by atoms with Crippen LogP contribution in [0.5, 0.6) is 0 Å². The zero-order valence-electron chi connectivity index (χ0n) is 12.2. The molecule has 1 aromatic heterocycles. The fourth-order valence-corrected chi connectivity index (χ4v) is 1.93. The molecule has 0 saturated heterocycles. The molecule has 106 valence electrons. The van der Waals surface area contributed by atoms with E-state index in [-0.39, 0.29) is 0 Å². The normalized spacial score (nSPS) is 10.3. The molecule has 0 bridgehead atoms. The summed E-state index contributed by atoms with van der Waals surface area (Å²) in [5, 5.41) is 6.68. The van der Waals surface area contributed by atoms with Crippen LogP contribution in [0, 0.1) is 6.92 Å². The van der Waals surface area contributed by atoms with Crippen LogP contribution >= 0.6 is 0 Å². The van der Waals surface area contributed by atoms with Gasteiger partial charge in [-0.2, -0.15) is 0 Å². The van der Waals surface area contributed by atoms with Crippen LogP contribution in [0.3, 0.4) is 0 Å². The maximum Gasteiger partial charge on any atom is 0.132 e. The maximum absolute atomic E-state index is 4.41. The fraction of sp³-hybridized carbons (Fsp3) is 0.375. The van der Waals surface area contributed by atoms with Gasteiger partial charge in [0.05, 0.1) is 0 Å². The number of aryl methyl sites for hydroxylation is 1. The lowest BCUT2D eigenvalue weighted by Crippen LogP contribution is -2.07. The Labute approximate surface area is 120 Å². The molecular weight excluding hydrogens is 248 g/mol. The molecule has 0 fully saturated rings. The van der Waals surface area contributed by atoms with Crippen molar-refractivity contribution >= 4 is 11.6 Å². The Hall–Kier alpha value is -2.10. The molecule has 4 heteroatoms. The van der Waals surface area contributed by atoms with Crippen molar-refractivity contribution in [1.82, 2.24) is 9.97 Å². The number of hydrogen-bond acceptors (Lipinski definition) is 4. The molecule has 2 rings (SSSR count). The van der Waals surface area contributed by atoms with E-state index in [9.17, 15) is 0 Å². The van der Waals surface area contributed by atoms with Crippen LogP contribution in [0.15, 0.2) is 36.4 Å². The standard InChI is InChI=1S/C16H22N4/c1-3-4-10-17-15-11-16(20-13(2)19-15)18-12-14-8-6-5-7-9-14/h5-9,11H,3-4,10,12H2,1-2H3,(H2,17,18,19,20). The van der Waals surface area contributed by atoms with Gasteiger partial charge < -0.3 is 10.6 Å². The Kier molecular flexibility index (Phi) is 5.35. The van der Waals surface area contributed by atoms with Crippen LogP contribution in [-0.4, -0.2) is 16.5 Å². The van der Waals surface area contributed by atoms with Gasteiger partial charge in [0, 0.05) is 19.2 Å². The summed E-state index contributed by atoms with van der Waals surface area (Å²) < 4.78 is 0. The minimum Gasteiger partial charge on any atom is -0.370 e. The van der Waals surface area contributed by atoms with Crippen molar-refractivity contribution < 1.29 is 0 Å². The van der Waals surface area contributed by atoms with Gasteiger partial charge in [-0.1, -0.05) is 43.7 Å². The van der Waals surface area contributed by atoms with Crippen LogP contribution in [-0.2, 0) is 6.54 Å². The van der Waals surface area contributed by atoms with E-state index in [0.717, 1.165) is 37.0 Å². The Balaban J connectivity index is 1.97. The second kappa shape index (κ2) is 7.48. The third kappa shape index (κ3) is 4.53. The summed E-state index contributed by atoms with van der Waals surface area (Å²) in [6.07, 6.45) is 2.33. The highest BCUT2D eigenvalue weighted by Gasteiger charge is 2.01.